The number of morpholine rings is 1. The number of guanidine groups is 1. The van der Waals surface area contributed by atoms with Crippen LogP contribution in [0.15, 0.2) is 34.6 Å². The van der Waals surface area contributed by atoms with Gasteiger partial charge in [0.2, 0.25) is 0 Å². The third-order valence-corrected chi connectivity index (χ3v) is 4.25. The Balaban J connectivity index is 0.00000192. The monoisotopic (exact) mass is 448 g/mol. The lowest BCUT2D eigenvalue weighted by Gasteiger charge is -2.27. The summed E-state index contributed by atoms with van der Waals surface area (Å²) >= 11 is 1.46. The molecule has 0 unspecified atom stereocenters. The highest BCUT2D eigenvalue weighted by Gasteiger charge is 2.13. The molecule has 0 amide bonds. The van der Waals surface area contributed by atoms with Gasteiger partial charge >= 0.3 is 0 Å². The van der Waals surface area contributed by atoms with Gasteiger partial charge in [-0.25, -0.2) is 14.4 Å². The smallest absolute Gasteiger partial charge is 0.191 e. The van der Waals surface area contributed by atoms with Crippen LogP contribution in [0.25, 0.3) is 11.3 Å². The van der Waals surface area contributed by atoms with Gasteiger partial charge in [-0.3, -0.25) is 0 Å². The van der Waals surface area contributed by atoms with Crippen molar-refractivity contribution in [3.05, 3.63) is 40.5 Å². The van der Waals surface area contributed by atoms with E-state index in [0.717, 1.165) is 18.1 Å². The summed E-state index contributed by atoms with van der Waals surface area (Å²) in [5.74, 6) is 0.238. The zero-order valence-electron chi connectivity index (χ0n) is 12.4. The van der Waals surface area contributed by atoms with E-state index in [0.29, 0.717) is 37.0 Å². The van der Waals surface area contributed by atoms with Crippen molar-refractivity contribution in [3.8, 4) is 11.3 Å². The highest BCUT2D eigenvalue weighted by molar-refractivity contribution is 14.0. The normalized spacial score (nSPS) is 15.3. The van der Waals surface area contributed by atoms with Crippen LogP contribution in [0.5, 0.6) is 0 Å². The molecule has 1 fully saturated rings. The van der Waals surface area contributed by atoms with Crippen LogP contribution in [-0.4, -0.2) is 42.1 Å². The third-order valence-electron chi connectivity index (χ3n) is 3.41. The quantitative estimate of drug-likeness (QED) is 0.446. The number of aromatic nitrogens is 1. The molecule has 124 valence electrons. The van der Waals surface area contributed by atoms with Gasteiger partial charge in [-0.2, -0.15) is 0 Å². The minimum absolute atomic E-state index is 0. The molecule has 1 aromatic heterocycles. The molecule has 0 saturated carbocycles. The fourth-order valence-corrected chi connectivity index (χ4v) is 2.93. The third kappa shape index (κ3) is 4.61. The first kappa shape index (κ1) is 18.1. The van der Waals surface area contributed by atoms with Crippen molar-refractivity contribution in [1.82, 2.24) is 9.88 Å². The first-order valence-electron chi connectivity index (χ1n) is 7.06. The predicted molar refractivity (Wildman–Crippen MR) is 101 cm³/mol. The molecule has 3 rings (SSSR count). The molecule has 1 aliphatic heterocycles. The lowest BCUT2D eigenvalue weighted by Crippen LogP contribution is -2.44. The summed E-state index contributed by atoms with van der Waals surface area (Å²) < 4.78 is 19.0. The molecule has 2 N–H and O–H groups in total. The van der Waals surface area contributed by atoms with Gasteiger partial charge in [-0.1, -0.05) is 12.1 Å². The molecule has 1 aliphatic rings. The molecule has 1 saturated heterocycles. The van der Waals surface area contributed by atoms with Gasteiger partial charge in [0.25, 0.3) is 0 Å². The van der Waals surface area contributed by atoms with E-state index in [1.165, 1.54) is 17.4 Å². The van der Waals surface area contributed by atoms with Crippen molar-refractivity contribution in [3.63, 3.8) is 0 Å². The van der Waals surface area contributed by atoms with Crippen molar-refractivity contribution < 1.29 is 9.13 Å². The average Bonchev–Trinajstić information content (AvgIpc) is 3.02. The number of aliphatic imine (C=N–C) groups is 1. The molecular formula is C15H18FIN4OS. The molecule has 5 nitrogen and oxygen atoms in total. The van der Waals surface area contributed by atoms with Crippen molar-refractivity contribution in [2.45, 2.75) is 6.54 Å². The Morgan fingerprint density at radius 3 is 2.83 bits per heavy atom. The molecule has 1 aromatic carbocycles. The predicted octanol–water partition coefficient (Wildman–Crippen LogP) is 2.71. The molecular weight excluding hydrogens is 430 g/mol. The van der Waals surface area contributed by atoms with E-state index in [1.807, 2.05) is 10.3 Å². The molecule has 2 heterocycles. The van der Waals surface area contributed by atoms with E-state index in [1.54, 1.807) is 18.2 Å². The van der Waals surface area contributed by atoms with Gasteiger partial charge in [0.1, 0.15) is 10.8 Å². The Bertz CT molecular complexity index is 673. The van der Waals surface area contributed by atoms with Crippen molar-refractivity contribution in [2.24, 2.45) is 10.7 Å². The van der Waals surface area contributed by atoms with Crippen molar-refractivity contribution >= 4 is 41.3 Å². The number of nitrogens with zero attached hydrogens (tertiary/aromatic N) is 3. The topological polar surface area (TPSA) is 63.7 Å². The standard InChI is InChI=1S/C15H17FN4OS.HI/c16-12-4-2-1-3-11(12)13-10-22-14(19-13)9-18-15(17)20-5-7-21-8-6-20;/h1-4,10H,5-9H2,(H2,17,18);1H. The van der Waals surface area contributed by atoms with Crippen LogP contribution in [-0.2, 0) is 11.3 Å². The summed E-state index contributed by atoms with van der Waals surface area (Å²) in [4.78, 5) is 10.8. The molecule has 0 aliphatic carbocycles. The lowest BCUT2D eigenvalue weighted by molar-refractivity contribution is 0.0674. The first-order chi connectivity index (χ1) is 10.7. The number of hydrogen-bond donors (Lipinski definition) is 1. The number of ether oxygens (including phenoxy) is 1. The van der Waals surface area contributed by atoms with E-state index in [2.05, 4.69) is 9.98 Å². The Labute approximate surface area is 155 Å². The van der Waals surface area contributed by atoms with Crippen LogP contribution in [0.4, 0.5) is 4.39 Å². The van der Waals surface area contributed by atoms with E-state index >= 15 is 0 Å². The number of halogens is 2. The van der Waals surface area contributed by atoms with Gasteiger partial charge in [0, 0.05) is 24.0 Å². The molecule has 0 spiro atoms. The van der Waals surface area contributed by atoms with Crippen LogP contribution in [0, 0.1) is 5.82 Å². The molecule has 2 aromatic rings. The minimum atomic E-state index is -0.268. The van der Waals surface area contributed by atoms with E-state index < -0.39 is 0 Å². The number of thiazole rings is 1. The fraction of sp³-hybridized carbons (Fsp3) is 0.333. The minimum Gasteiger partial charge on any atom is -0.378 e. The van der Waals surface area contributed by atoms with Gasteiger partial charge in [-0.15, -0.1) is 35.3 Å². The second-order valence-corrected chi connectivity index (χ2v) is 5.82. The highest BCUT2D eigenvalue weighted by atomic mass is 127. The van der Waals surface area contributed by atoms with Crippen molar-refractivity contribution in [1.29, 1.82) is 0 Å². The summed E-state index contributed by atoms with van der Waals surface area (Å²) in [6, 6.07) is 6.62. The number of hydrogen-bond acceptors (Lipinski definition) is 4. The highest BCUT2D eigenvalue weighted by Crippen LogP contribution is 2.24. The summed E-state index contributed by atoms with van der Waals surface area (Å²) in [6.07, 6.45) is 0. The van der Waals surface area contributed by atoms with Crippen LogP contribution < -0.4 is 5.73 Å². The number of benzene rings is 1. The lowest BCUT2D eigenvalue weighted by atomic mass is 10.2. The fourth-order valence-electron chi connectivity index (χ4n) is 2.22. The maximum absolute atomic E-state index is 13.7. The molecule has 8 heteroatoms. The van der Waals surface area contributed by atoms with Gasteiger partial charge in [0.15, 0.2) is 5.96 Å². The molecule has 0 radical (unpaired) electrons. The second-order valence-electron chi connectivity index (χ2n) is 4.88. The summed E-state index contributed by atoms with van der Waals surface area (Å²) in [5, 5.41) is 2.66. The molecule has 23 heavy (non-hydrogen) atoms. The van der Waals surface area contributed by atoms with Crippen LogP contribution >= 0.6 is 35.3 Å². The average molecular weight is 448 g/mol. The van der Waals surface area contributed by atoms with Crippen molar-refractivity contribution in [2.75, 3.05) is 26.3 Å². The van der Waals surface area contributed by atoms with Crippen LogP contribution in [0.2, 0.25) is 0 Å². The number of nitrogens with two attached hydrogens (primary N) is 1. The summed E-state index contributed by atoms with van der Waals surface area (Å²) in [7, 11) is 0. The van der Waals surface area contributed by atoms with Crippen LogP contribution in [0.3, 0.4) is 0 Å². The SMILES string of the molecule is I.NC(=NCc1nc(-c2ccccc2F)cs1)N1CCOCC1. The first-order valence-corrected chi connectivity index (χ1v) is 7.94. The zero-order valence-corrected chi connectivity index (χ0v) is 15.6. The van der Waals surface area contributed by atoms with E-state index in [-0.39, 0.29) is 29.8 Å². The summed E-state index contributed by atoms with van der Waals surface area (Å²) in [5.41, 5.74) is 7.12. The molecule has 0 atom stereocenters. The number of rotatable bonds is 3. The molecule has 0 bridgehead atoms. The van der Waals surface area contributed by atoms with Crippen LogP contribution in [0.1, 0.15) is 5.01 Å². The largest absolute Gasteiger partial charge is 0.378 e. The Kier molecular flexibility index (Phi) is 6.72. The Morgan fingerprint density at radius 1 is 1.35 bits per heavy atom. The van der Waals surface area contributed by atoms with Gasteiger partial charge < -0.3 is 15.4 Å². The maximum atomic E-state index is 13.7. The summed E-state index contributed by atoms with van der Waals surface area (Å²) in [6.45, 7) is 3.26. The second kappa shape index (κ2) is 8.55. The Morgan fingerprint density at radius 2 is 2.09 bits per heavy atom. The maximum Gasteiger partial charge on any atom is 0.191 e. The van der Waals surface area contributed by atoms with Gasteiger partial charge in [0.05, 0.1) is 25.5 Å². The Hall–Kier alpha value is -1.26. The van der Waals surface area contributed by atoms with E-state index in [4.69, 9.17) is 10.5 Å². The zero-order chi connectivity index (χ0) is 15.4. The van der Waals surface area contributed by atoms with E-state index in [9.17, 15) is 4.39 Å². The van der Waals surface area contributed by atoms with Gasteiger partial charge in [-0.05, 0) is 12.1 Å².